The van der Waals surface area contributed by atoms with Crippen LogP contribution in [0.25, 0.3) is 0 Å². The fraction of sp³-hybridized carbons (Fsp3) is 0.0455. The Bertz CT molecular complexity index is 996. The number of rotatable bonds is 4. The molecule has 0 unspecified atom stereocenters. The van der Waals surface area contributed by atoms with Crippen LogP contribution >= 0.6 is 0 Å². The third kappa shape index (κ3) is 2.51. The van der Waals surface area contributed by atoms with Gasteiger partial charge in [-0.2, -0.15) is 0 Å². The minimum Gasteiger partial charge on any atom is -0.319 e. The van der Waals surface area contributed by atoms with Crippen LogP contribution in [0.1, 0.15) is 16.7 Å². The molecule has 0 N–H and O–H groups in total. The second-order valence-electron chi connectivity index (χ2n) is 6.03. The van der Waals surface area contributed by atoms with Crippen molar-refractivity contribution in [1.29, 1.82) is 0 Å². The SMILES string of the molecule is Fc1ccc([C@](c2ccccc2)(c2ccccc2F)n2ccnc2)cc1. The molecule has 4 rings (SSSR count). The van der Waals surface area contributed by atoms with Gasteiger partial charge in [-0.15, -0.1) is 0 Å². The lowest BCUT2D eigenvalue weighted by Gasteiger charge is -2.37. The van der Waals surface area contributed by atoms with Crippen molar-refractivity contribution in [2.24, 2.45) is 0 Å². The third-order valence-electron chi connectivity index (χ3n) is 4.61. The average molecular weight is 346 g/mol. The molecule has 2 nitrogen and oxygen atoms in total. The Labute approximate surface area is 150 Å². The minimum absolute atomic E-state index is 0.338. The van der Waals surface area contributed by atoms with E-state index in [0.29, 0.717) is 5.56 Å². The fourth-order valence-electron chi connectivity index (χ4n) is 3.50. The highest BCUT2D eigenvalue weighted by molar-refractivity contribution is 5.51. The topological polar surface area (TPSA) is 17.8 Å². The molecule has 0 saturated carbocycles. The van der Waals surface area contributed by atoms with Gasteiger partial charge in [0.1, 0.15) is 17.2 Å². The Hall–Kier alpha value is -3.27. The highest BCUT2D eigenvalue weighted by Crippen LogP contribution is 2.41. The van der Waals surface area contributed by atoms with E-state index in [2.05, 4.69) is 4.98 Å². The van der Waals surface area contributed by atoms with Crippen molar-refractivity contribution in [3.05, 3.63) is 126 Å². The van der Waals surface area contributed by atoms with Crippen LogP contribution in [-0.2, 0) is 5.54 Å². The van der Waals surface area contributed by atoms with Gasteiger partial charge in [0, 0.05) is 18.0 Å². The molecular formula is C22H16F2N2. The van der Waals surface area contributed by atoms with Crippen LogP contribution in [0.3, 0.4) is 0 Å². The highest BCUT2D eigenvalue weighted by Gasteiger charge is 2.40. The van der Waals surface area contributed by atoms with Crippen molar-refractivity contribution >= 4 is 0 Å². The van der Waals surface area contributed by atoms with Crippen LogP contribution in [0, 0.1) is 11.6 Å². The molecule has 1 atom stereocenters. The van der Waals surface area contributed by atoms with Gasteiger partial charge in [0.15, 0.2) is 0 Å². The summed E-state index contributed by atoms with van der Waals surface area (Å²) >= 11 is 0. The monoisotopic (exact) mass is 346 g/mol. The summed E-state index contributed by atoms with van der Waals surface area (Å²) in [5, 5.41) is 0. The van der Waals surface area contributed by atoms with Gasteiger partial charge in [0.25, 0.3) is 0 Å². The molecule has 0 bridgehead atoms. The standard InChI is InChI=1S/C22H16F2N2/c23-19-12-10-18(11-13-19)22(26-15-14-25-16-26,17-6-2-1-3-7-17)20-8-4-5-9-21(20)24/h1-16H/t22-/m1/s1. The molecule has 3 aromatic carbocycles. The maximum atomic E-state index is 15.0. The molecule has 0 spiro atoms. The molecule has 1 aromatic heterocycles. The normalized spacial score (nSPS) is 13.3. The van der Waals surface area contributed by atoms with E-state index >= 15 is 4.39 Å². The summed E-state index contributed by atoms with van der Waals surface area (Å²) in [6.07, 6.45) is 5.10. The second-order valence-corrected chi connectivity index (χ2v) is 6.03. The number of hydrogen-bond donors (Lipinski definition) is 0. The number of hydrogen-bond acceptors (Lipinski definition) is 1. The van der Waals surface area contributed by atoms with Crippen LogP contribution in [0.4, 0.5) is 8.78 Å². The fourth-order valence-corrected chi connectivity index (χ4v) is 3.50. The van der Waals surface area contributed by atoms with Crippen LogP contribution in [-0.4, -0.2) is 9.55 Å². The molecule has 0 amide bonds. The number of aromatic nitrogens is 2. The molecule has 0 radical (unpaired) electrons. The van der Waals surface area contributed by atoms with Gasteiger partial charge >= 0.3 is 0 Å². The number of imidazole rings is 1. The van der Waals surface area contributed by atoms with Crippen molar-refractivity contribution < 1.29 is 8.78 Å². The third-order valence-corrected chi connectivity index (χ3v) is 4.61. The van der Waals surface area contributed by atoms with E-state index in [1.165, 1.54) is 18.2 Å². The predicted molar refractivity (Wildman–Crippen MR) is 96.7 cm³/mol. The quantitative estimate of drug-likeness (QED) is 0.475. The Balaban J connectivity index is 2.14. The summed E-state index contributed by atoms with van der Waals surface area (Å²) in [6, 6.07) is 22.4. The van der Waals surface area contributed by atoms with Gasteiger partial charge in [-0.3, -0.25) is 0 Å². The van der Waals surface area contributed by atoms with Crippen LogP contribution < -0.4 is 0 Å². The zero-order chi connectivity index (χ0) is 18.0. The highest BCUT2D eigenvalue weighted by atomic mass is 19.1. The average Bonchev–Trinajstić information content (AvgIpc) is 3.21. The zero-order valence-electron chi connectivity index (χ0n) is 13.9. The maximum absolute atomic E-state index is 15.0. The van der Waals surface area contributed by atoms with Gasteiger partial charge in [-0.25, -0.2) is 13.8 Å². The van der Waals surface area contributed by atoms with E-state index in [4.69, 9.17) is 0 Å². The number of nitrogens with zero attached hydrogens (tertiary/aromatic N) is 2. The Kier molecular flexibility index (Phi) is 4.09. The molecule has 26 heavy (non-hydrogen) atoms. The van der Waals surface area contributed by atoms with Crippen LogP contribution in [0.15, 0.2) is 97.6 Å². The second kappa shape index (κ2) is 6.56. The molecular weight excluding hydrogens is 330 g/mol. The van der Waals surface area contributed by atoms with Gasteiger partial charge in [0.2, 0.25) is 0 Å². The molecule has 0 aliphatic heterocycles. The summed E-state index contributed by atoms with van der Waals surface area (Å²) in [5.74, 6) is -0.677. The first kappa shape index (κ1) is 16.2. The summed E-state index contributed by atoms with van der Waals surface area (Å²) in [6.45, 7) is 0. The van der Waals surface area contributed by atoms with Gasteiger partial charge in [-0.1, -0.05) is 60.7 Å². The Morgan fingerprint density at radius 3 is 2.04 bits per heavy atom. The summed E-state index contributed by atoms with van der Waals surface area (Å²) < 4.78 is 30.5. The first-order valence-corrected chi connectivity index (χ1v) is 8.28. The smallest absolute Gasteiger partial charge is 0.129 e. The molecule has 4 heteroatoms. The van der Waals surface area contributed by atoms with Crippen LogP contribution in [0.5, 0.6) is 0 Å². The zero-order valence-corrected chi connectivity index (χ0v) is 13.9. The summed E-state index contributed by atoms with van der Waals surface area (Å²) in [4.78, 5) is 4.18. The van der Waals surface area contributed by atoms with Crippen molar-refractivity contribution in [3.63, 3.8) is 0 Å². The lowest BCUT2D eigenvalue weighted by molar-refractivity contribution is 0.477. The first-order chi connectivity index (χ1) is 12.7. The molecule has 0 saturated heterocycles. The van der Waals surface area contributed by atoms with Crippen LogP contribution in [0.2, 0.25) is 0 Å². The number of benzene rings is 3. The molecule has 4 aromatic rings. The lowest BCUT2D eigenvalue weighted by atomic mass is 9.76. The molecule has 0 aliphatic carbocycles. The predicted octanol–water partition coefficient (Wildman–Crippen LogP) is 5.00. The first-order valence-electron chi connectivity index (χ1n) is 8.28. The van der Waals surface area contributed by atoms with Gasteiger partial charge in [-0.05, 0) is 29.3 Å². The van der Waals surface area contributed by atoms with Crippen molar-refractivity contribution in [2.75, 3.05) is 0 Å². The molecule has 128 valence electrons. The molecule has 0 fully saturated rings. The van der Waals surface area contributed by atoms with E-state index in [-0.39, 0.29) is 11.6 Å². The van der Waals surface area contributed by atoms with E-state index < -0.39 is 5.54 Å². The summed E-state index contributed by atoms with van der Waals surface area (Å²) in [7, 11) is 0. The Morgan fingerprint density at radius 1 is 0.731 bits per heavy atom. The van der Waals surface area contributed by atoms with Crippen molar-refractivity contribution in [3.8, 4) is 0 Å². The van der Waals surface area contributed by atoms with Crippen molar-refractivity contribution in [2.45, 2.75) is 5.54 Å². The van der Waals surface area contributed by atoms with E-state index in [0.717, 1.165) is 11.1 Å². The minimum atomic E-state index is -1.00. The lowest BCUT2D eigenvalue weighted by Crippen LogP contribution is -2.37. The van der Waals surface area contributed by atoms with Gasteiger partial charge < -0.3 is 4.57 Å². The summed E-state index contributed by atoms with van der Waals surface area (Å²) in [5.41, 5.74) is 1.07. The Morgan fingerprint density at radius 2 is 1.38 bits per heavy atom. The maximum Gasteiger partial charge on any atom is 0.129 e. The van der Waals surface area contributed by atoms with E-state index in [9.17, 15) is 4.39 Å². The number of halogens is 2. The molecule has 0 aliphatic rings. The van der Waals surface area contributed by atoms with Gasteiger partial charge in [0.05, 0.1) is 6.33 Å². The molecule has 1 heterocycles. The largest absolute Gasteiger partial charge is 0.319 e. The van der Waals surface area contributed by atoms with Crippen molar-refractivity contribution in [1.82, 2.24) is 9.55 Å². The van der Waals surface area contributed by atoms with E-state index in [1.807, 2.05) is 34.9 Å². The van der Waals surface area contributed by atoms with E-state index in [1.54, 1.807) is 49.1 Å².